The van der Waals surface area contributed by atoms with Crippen molar-refractivity contribution >= 4 is 107 Å². The van der Waals surface area contributed by atoms with E-state index in [0.717, 1.165) is 0 Å². The van der Waals surface area contributed by atoms with Crippen molar-refractivity contribution in [2.45, 2.75) is 0 Å². The minimum Gasteiger partial charge on any atom is -0.309 e. The molecule has 4 heteroatoms. The van der Waals surface area contributed by atoms with Crippen LogP contribution in [0.1, 0.15) is 0 Å². The molecule has 0 unspecified atom stereocenters. The maximum atomic E-state index is 2.47. The van der Waals surface area contributed by atoms with E-state index in [2.05, 4.69) is 179 Å². The number of nitrogens with zero attached hydrogens (tertiary/aromatic N) is 2. The van der Waals surface area contributed by atoms with Gasteiger partial charge in [-0.25, -0.2) is 0 Å². The fourth-order valence-corrected chi connectivity index (χ4v) is 11.1. The third kappa shape index (κ3) is 3.88. The highest BCUT2D eigenvalue weighted by Gasteiger charge is 2.20. The van der Waals surface area contributed by atoms with Gasteiger partial charge in [-0.05, 0) is 60.7 Å². The molecule has 0 amide bonds. The lowest BCUT2D eigenvalue weighted by molar-refractivity contribution is 1.17. The van der Waals surface area contributed by atoms with E-state index in [-0.39, 0.29) is 0 Å². The highest BCUT2D eigenvalue weighted by Crippen LogP contribution is 2.46. The predicted octanol–water partition coefficient (Wildman–Crippen LogP) is 14.3. The Balaban J connectivity index is 1.12. The van der Waals surface area contributed by atoms with Crippen molar-refractivity contribution in [2.24, 2.45) is 0 Å². The molecule has 52 heavy (non-hydrogen) atoms. The Kier molecular flexibility index (Phi) is 5.84. The van der Waals surface area contributed by atoms with Crippen molar-refractivity contribution in [3.8, 4) is 22.5 Å². The molecule has 0 atom stereocenters. The van der Waals surface area contributed by atoms with E-state index in [9.17, 15) is 0 Å². The predicted molar refractivity (Wildman–Crippen MR) is 226 cm³/mol. The maximum Gasteiger partial charge on any atom is 0.0562 e. The van der Waals surface area contributed by atoms with Gasteiger partial charge in [0.2, 0.25) is 0 Å². The third-order valence-electron chi connectivity index (χ3n) is 10.9. The second-order valence-corrected chi connectivity index (χ2v) is 15.8. The van der Waals surface area contributed by atoms with Crippen molar-refractivity contribution in [3.63, 3.8) is 0 Å². The number of rotatable bonds is 3. The zero-order chi connectivity index (χ0) is 33.9. The average molecular weight is 697 g/mol. The zero-order valence-electron chi connectivity index (χ0n) is 27.9. The number of benzene rings is 8. The summed E-state index contributed by atoms with van der Waals surface area (Å²) in [5.41, 5.74) is 9.84. The van der Waals surface area contributed by atoms with Crippen LogP contribution in [0.15, 0.2) is 170 Å². The van der Waals surface area contributed by atoms with Crippen LogP contribution in [-0.2, 0) is 0 Å². The topological polar surface area (TPSA) is 9.86 Å². The molecule has 0 saturated heterocycles. The number of fused-ring (bicyclic) bond motifs is 12. The Bertz CT molecular complexity index is 3410. The first kappa shape index (κ1) is 28.5. The van der Waals surface area contributed by atoms with Gasteiger partial charge in [0.25, 0.3) is 0 Å². The Hall–Kier alpha value is -6.20. The summed E-state index contributed by atoms with van der Waals surface area (Å²) in [6.45, 7) is 0. The van der Waals surface area contributed by atoms with E-state index in [1.807, 2.05) is 22.7 Å². The lowest BCUT2D eigenvalue weighted by Gasteiger charge is -2.10. The molecule has 0 radical (unpaired) electrons. The average Bonchev–Trinajstić information content (AvgIpc) is 3.94. The first-order chi connectivity index (χ1) is 25.8. The largest absolute Gasteiger partial charge is 0.309 e. The summed E-state index contributed by atoms with van der Waals surface area (Å²) >= 11 is 3.81. The summed E-state index contributed by atoms with van der Waals surface area (Å²) in [6, 6.07) is 62.7. The monoisotopic (exact) mass is 696 g/mol. The Morgan fingerprint density at radius 3 is 1.48 bits per heavy atom. The quantitative estimate of drug-likeness (QED) is 0.174. The summed E-state index contributed by atoms with van der Waals surface area (Å²) in [4.78, 5) is 0. The van der Waals surface area contributed by atoms with Gasteiger partial charge in [0, 0.05) is 84.4 Å². The van der Waals surface area contributed by atoms with Crippen molar-refractivity contribution in [1.29, 1.82) is 0 Å². The number of aromatic nitrogens is 2. The summed E-state index contributed by atoms with van der Waals surface area (Å²) in [7, 11) is 0. The number of hydrogen-bond acceptors (Lipinski definition) is 2. The van der Waals surface area contributed by atoms with Crippen LogP contribution in [0, 0.1) is 0 Å². The highest BCUT2D eigenvalue weighted by atomic mass is 32.1. The fourth-order valence-electron chi connectivity index (χ4n) is 8.66. The molecule has 0 N–H and O–H groups in total. The lowest BCUT2D eigenvalue weighted by Crippen LogP contribution is -1.95. The molecular formula is C48H28N2S2. The van der Waals surface area contributed by atoms with Gasteiger partial charge >= 0.3 is 0 Å². The normalized spacial score (nSPS) is 12.2. The Labute approximate surface area is 306 Å². The van der Waals surface area contributed by atoms with Crippen molar-refractivity contribution in [3.05, 3.63) is 170 Å². The van der Waals surface area contributed by atoms with Crippen LogP contribution in [0.4, 0.5) is 0 Å². The molecule has 0 saturated carbocycles. The van der Waals surface area contributed by atoms with Crippen molar-refractivity contribution in [1.82, 2.24) is 9.13 Å². The van der Waals surface area contributed by atoms with Gasteiger partial charge in [0.1, 0.15) is 0 Å². The van der Waals surface area contributed by atoms with Crippen LogP contribution in [0.2, 0.25) is 0 Å². The zero-order valence-corrected chi connectivity index (χ0v) is 29.5. The number of para-hydroxylation sites is 3. The third-order valence-corrected chi connectivity index (χ3v) is 13.4. The second kappa shape index (κ2) is 10.7. The van der Waals surface area contributed by atoms with Gasteiger partial charge in [-0.2, -0.15) is 0 Å². The standard InChI is InChI=1S/C48H28N2S2/c1-2-12-29(13-3-1)49-41-21-7-4-14-31(41)38-27-39-32-15-5-8-22-42(32)50(44(39)28-43(38)49)30-24-25-46-40(26-30)37-20-11-19-36(48(37)52-46)35-18-10-17-34-33-16-6-9-23-45(33)51-47(34)35/h1-28H. The van der Waals surface area contributed by atoms with Crippen molar-refractivity contribution < 1.29 is 0 Å². The van der Waals surface area contributed by atoms with Gasteiger partial charge in [0.15, 0.2) is 0 Å². The molecule has 0 aliphatic carbocycles. The molecule has 2 nitrogen and oxygen atoms in total. The number of thiophene rings is 2. The first-order valence-corrected chi connectivity index (χ1v) is 19.3. The molecule has 0 aliphatic heterocycles. The molecule has 12 rings (SSSR count). The van der Waals surface area contributed by atoms with E-state index >= 15 is 0 Å². The van der Waals surface area contributed by atoms with E-state index in [1.54, 1.807) is 0 Å². The van der Waals surface area contributed by atoms with Crippen molar-refractivity contribution in [2.75, 3.05) is 0 Å². The highest BCUT2D eigenvalue weighted by molar-refractivity contribution is 7.27. The van der Waals surface area contributed by atoms with Crippen LogP contribution in [0.25, 0.3) is 106 Å². The molecule has 4 heterocycles. The van der Waals surface area contributed by atoms with Crippen LogP contribution in [0.3, 0.4) is 0 Å². The van der Waals surface area contributed by atoms with Gasteiger partial charge in [0.05, 0.1) is 22.1 Å². The van der Waals surface area contributed by atoms with E-state index in [4.69, 9.17) is 0 Å². The van der Waals surface area contributed by atoms with E-state index in [1.165, 1.54) is 106 Å². The maximum absolute atomic E-state index is 2.47. The lowest BCUT2D eigenvalue weighted by atomic mass is 10.0. The van der Waals surface area contributed by atoms with Crippen LogP contribution in [0.5, 0.6) is 0 Å². The van der Waals surface area contributed by atoms with Gasteiger partial charge in [-0.15, -0.1) is 22.7 Å². The molecule has 242 valence electrons. The summed E-state index contributed by atoms with van der Waals surface area (Å²) in [5, 5.41) is 10.4. The SMILES string of the molecule is c1ccc(-n2c3ccccc3c3cc4c5ccccc5n(-c5ccc6sc7c(-c8cccc9c8sc8ccccc89)cccc7c6c5)c4cc32)cc1. The summed E-state index contributed by atoms with van der Waals surface area (Å²) in [5.74, 6) is 0. The molecule has 0 aliphatic rings. The summed E-state index contributed by atoms with van der Waals surface area (Å²) in [6.07, 6.45) is 0. The molecule has 8 aromatic carbocycles. The fraction of sp³-hybridized carbons (Fsp3) is 0. The molecule has 12 aromatic rings. The van der Waals surface area contributed by atoms with Gasteiger partial charge in [-0.1, -0.05) is 109 Å². The smallest absolute Gasteiger partial charge is 0.0562 e. The first-order valence-electron chi connectivity index (χ1n) is 17.7. The van der Waals surface area contributed by atoms with Gasteiger partial charge < -0.3 is 9.13 Å². The Morgan fingerprint density at radius 1 is 0.288 bits per heavy atom. The molecule has 0 bridgehead atoms. The summed E-state index contributed by atoms with van der Waals surface area (Å²) < 4.78 is 10.2. The second-order valence-electron chi connectivity index (χ2n) is 13.7. The number of hydrogen-bond donors (Lipinski definition) is 0. The molecule has 0 spiro atoms. The molecule has 4 aromatic heterocycles. The van der Waals surface area contributed by atoms with Crippen LogP contribution in [-0.4, -0.2) is 9.13 Å². The Morgan fingerprint density at radius 2 is 0.808 bits per heavy atom. The minimum atomic E-state index is 1.17. The molecular weight excluding hydrogens is 669 g/mol. The van der Waals surface area contributed by atoms with E-state index in [0.29, 0.717) is 0 Å². The van der Waals surface area contributed by atoms with E-state index < -0.39 is 0 Å². The van der Waals surface area contributed by atoms with Gasteiger partial charge in [-0.3, -0.25) is 0 Å². The van der Waals surface area contributed by atoms with Crippen LogP contribution < -0.4 is 0 Å². The van der Waals surface area contributed by atoms with Crippen LogP contribution >= 0.6 is 22.7 Å². The molecule has 0 fully saturated rings. The minimum absolute atomic E-state index is 1.17.